The minimum absolute atomic E-state index is 0.369. The van der Waals surface area contributed by atoms with Crippen molar-refractivity contribution in [1.29, 1.82) is 0 Å². The minimum Gasteiger partial charge on any atom is -0.379 e. The summed E-state index contributed by atoms with van der Waals surface area (Å²) in [5.41, 5.74) is 0.116. The number of rotatable bonds is 4. The molecule has 26 heavy (non-hydrogen) atoms. The Morgan fingerprint density at radius 2 is 1.42 bits per heavy atom. The predicted octanol–water partition coefficient (Wildman–Crippen LogP) is 1.40. The molecule has 6 nitrogen and oxygen atoms in total. The molecular weight excluding hydrogens is 371 g/mol. The molecule has 0 atom stereocenters. The van der Waals surface area contributed by atoms with Gasteiger partial charge in [0.2, 0.25) is 0 Å². The van der Waals surface area contributed by atoms with Gasteiger partial charge in [0.15, 0.2) is 0 Å². The van der Waals surface area contributed by atoms with E-state index in [0.717, 1.165) is 17.7 Å². The molecule has 2 aliphatic rings. The van der Waals surface area contributed by atoms with E-state index in [1.54, 1.807) is 0 Å². The Labute approximate surface area is 151 Å². The molecule has 2 saturated heterocycles. The molecule has 0 saturated carbocycles. The van der Waals surface area contributed by atoms with E-state index < -0.39 is 21.9 Å². The van der Waals surface area contributed by atoms with Gasteiger partial charge in [-0.15, -0.1) is 0 Å². The molecule has 0 radical (unpaired) electrons. The smallest absolute Gasteiger partial charge is 0.379 e. The highest BCUT2D eigenvalue weighted by atomic mass is 32.2. The summed E-state index contributed by atoms with van der Waals surface area (Å²) >= 11 is 0. The lowest BCUT2D eigenvalue weighted by atomic mass is 10.1. The SMILES string of the molecule is O=S(=O)(N1CCOCC1)N1CCN(Cc2ccc(C(F)(F)F)cc2)CC1. The highest BCUT2D eigenvalue weighted by Crippen LogP contribution is 2.29. The molecule has 2 fully saturated rings. The molecule has 0 aliphatic carbocycles. The summed E-state index contributed by atoms with van der Waals surface area (Å²) < 4.78 is 71.1. The third-order valence-electron chi connectivity index (χ3n) is 4.64. The lowest BCUT2D eigenvalue weighted by Gasteiger charge is -2.37. The standard InChI is InChI=1S/C16H22F3N3O3S/c17-16(18,19)15-3-1-14(2-4-15)13-20-5-7-21(8-6-20)26(23,24)22-9-11-25-12-10-22/h1-4H,5-13H2. The first-order valence-corrected chi connectivity index (χ1v) is 9.88. The van der Waals surface area contributed by atoms with Crippen molar-refractivity contribution in [3.63, 3.8) is 0 Å². The summed E-state index contributed by atoms with van der Waals surface area (Å²) in [5.74, 6) is 0. The van der Waals surface area contributed by atoms with Crippen LogP contribution < -0.4 is 0 Å². The monoisotopic (exact) mass is 393 g/mol. The van der Waals surface area contributed by atoms with Crippen LogP contribution in [0.5, 0.6) is 0 Å². The van der Waals surface area contributed by atoms with Crippen LogP contribution in [0.15, 0.2) is 24.3 Å². The van der Waals surface area contributed by atoms with Gasteiger partial charge in [-0.2, -0.15) is 30.2 Å². The fourth-order valence-corrected chi connectivity index (χ4v) is 4.68. The molecule has 146 valence electrons. The lowest BCUT2D eigenvalue weighted by Crippen LogP contribution is -2.54. The zero-order valence-corrected chi connectivity index (χ0v) is 15.1. The average Bonchev–Trinajstić information content (AvgIpc) is 2.63. The molecule has 2 heterocycles. The molecule has 10 heteroatoms. The number of alkyl halides is 3. The first-order chi connectivity index (χ1) is 12.3. The van der Waals surface area contributed by atoms with Crippen molar-refractivity contribution in [3.05, 3.63) is 35.4 Å². The summed E-state index contributed by atoms with van der Waals surface area (Å²) in [6, 6.07) is 5.10. The first kappa shape index (κ1) is 19.6. The Morgan fingerprint density at radius 3 is 1.96 bits per heavy atom. The third-order valence-corrected chi connectivity index (χ3v) is 6.68. The summed E-state index contributed by atoms with van der Waals surface area (Å²) in [5, 5.41) is 0. The van der Waals surface area contributed by atoms with E-state index in [1.807, 2.05) is 4.90 Å². The second-order valence-electron chi connectivity index (χ2n) is 6.39. The molecule has 0 aromatic heterocycles. The van der Waals surface area contributed by atoms with Gasteiger partial charge in [0.05, 0.1) is 18.8 Å². The van der Waals surface area contributed by atoms with Crippen LogP contribution in [0, 0.1) is 0 Å². The van der Waals surface area contributed by atoms with Gasteiger partial charge >= 0.3 is 6.18 Å². The summed E-state index contributed by atoms with van der Waals surface area (Å²) in [6.45, 7) is 3.90. The normalized spacial score (nSPS) is 21.8. The van der Waals surface area contributed by atoms with E-state index >= 15 is 0 Å². The molecule has 1 aromatic carbocycles. The van der Waals surface area contributed by atoms with Crippen LogP contribution in [-0.4, -0.2) is 74.4 Å². The van der Waals surface area contributed by atoms with Crippen LogP contribution in [0.3, 0.4) is 0 Å². The van der Waals surface area contributed by atoms with Crippen molar-refractivity contribution in [3.8, 4) is 0 Å². The van der Waals surface area contributed by atoms with Gasteiger partial charge in [-0.1, -0.05) is 12.1 Å². The molecule has 0 amide bonds. The van der Waals surface area contributed by atoms with Crippen LogP contribution in [0.4, 0.5) is 13.2 Å². The topological polar surface area (TPSA) is 53.1 Å². The van der Waals surface area contributed by atoms with Crippen molar-refractivity contribution in [2.24, 2.45) is 0 Å². The van der Waals surface area contributed by atoms with Crippen molar-refractivity contribution >= 4 is 10.2 Å². The highest BCUT2D eigenvalue weighted by Gasteiger charge is 2.33. The Morgan fingerprint density at radius 1 is 0.885 bits per heavy atom. The lowest BCUT2D eigenvalue weighted by molar-refractivity contribution is -0.137. The van der Waals surface area contributed by atoms with E-state index in [4.69, 9.17) is 4.74 Å². The molecule has 3 rings (SSSR count). The zero-order valence-electron chi connectivity index (χ0n) is 14.3. The first-order valence-electron chi connectivity index (χ1n) is 8.48. The zero-order chi connectivity index (χ0) is 18.8. The fourth-order valence-electron chi connectivity index (χ4n) is 3.12. The number of hydrogen-bond donors (Lipinski definition) is 0. The molecular formula is C16H22F3N3O3S. The predicted molar refractivity (Wildman–Crippen MR) is 89.6 cm³/mol. The van der Waals surface area contributed by atoms with Gasteiger partial charge in [0.25, 0.3) is 10.2 Å². The van der Waals surface area contributed by atoms with E-state index in [2.05, 4.69) is 0 Å². The molecule has 0 N–H and O–H groups in total. The Balaban J connectivity index is 1.53. The van der Waals surface area contributed by atoms with Crippen LogP contribution in [0.1, 0.15) is 11.1 Å². The van der Waals surface area contributed by atoms with Gasteiger partial charge in [0.1, 0.15) is 0 Å². The van der Waals surface area contributed by atoms with E-state index in [9.17, 15) is 21.6 Å². The molecule has 0 unspecified atom stereocenters. The van der Waals surface area contributed by atoms with Gasteiger partial charge < -0.3 is 4.74 Å². The number of halogens is 3. The van der Waals surface area contributed by atoms with Gasteiger partial charge in [0, 0.05) is 45.8 Å². The highest BCUT2D eigenvalue weighted by molar-refractivity contribution is 7.86. The Bertz CT molecular complexity index is 696. The summed E-state index contributed by atoms with van der Waals surface area (Å²) in [4.78, 5) is 2.05. The molecule has 1 aromatic rings. The molecule has 0 spiro atoms. The van der Waals surface area contributed by atoms with Crippen molar-refractivity contribution < 1.29 is 26.3 Å². The van der Waals surface area contributed by atoms with E-state index in [1.165, 1.54) is 20.7 Å². The fraction of sp³-hybridized carbons (Fsp3) is 0.625. The van der Waals surface area contributed by atoms with Crippen molar-refractivity contribution in [1.82, 2.24) is 13.5 Å². The number of ether oxygens (including phenoxy) is 1. The van der Waals surface area contributed by atoms with Crippen molar-refractivity contribution in [2.75, 3.05) is 52.5 Å². The Kier molecular flexibility index (Phi) is 5.88. The minimum atomic E-state index is -4.34. The van der Waals surface area contributed by atoms with E-state index in [-0.39, 0.29) is 0 Å². The van der Waals surface area contributed by atoms with Gasteiger partial charge in [-0.25, -0.2) is 0 Å². The summed E-state index contributed by atoms with van der Waals surface area (Å²) in [6.07, 6.45) is -4.34. The van der Waals surface area contributed by atoms with Crippen LogP contribution >= 0.6 is 0 Å². The Hall–Kier alpha value is -1.20. The number of benzene rings is 1. The second kappa shape index (κ2) is 7.81. The van der Waals surface area contributed by atoms with Gasteiger partial charge in [-0.05, 0) is 17.7 Å². The number of hydrogen-bond acceptors (Lipinski definition) is 4. The van der Waals surface area contributed by atoms with Crippen LogP contribution in [-0.2, 0) is 27.7 Å². The quantitative estimate of drug-likeness (QED) is 0.776. The third kappa shape index (κ3) is 4.55. The van der Waals surface area contributed by atoms with Crippen LogP contribution in [0.25, 0.3) is 0 Å². The number of piperazine rings is 1. The molecule has 2 aliphatic heterocycles. The van der Waals surface area contributed by atoms with Gasteiger partial charge in [-0.3, -0.25) is 4.90 Å². The molecule has 0 bridgehead atoms. The average molecular weight is 393 g/mol. The van der Waals surface area contributed by atoms with E-state index in [0.29, 0.717) is 59.0 Å². The summed E-state index contributed by atoms with van der Waals surface area (Å²) in [7, 11) is -3.47. The number of morpholine rings is 1. The second-order valence-corrected chi connectivity index (χ2v) is 8.32. The number of nitrogens with zero attached hydrogens (tertiary/aromatic N) is 3. The maximum Gasteiger partial charge on any atom is 0.416 e. The maximum absolute atomic E-state index is 12.6. The van der Waals surface area contributed by atoms with Crippen molar-refractivity contribution in [2.45, 2.75) is 12.7 Å². The largest absolute Gasteiger partial charge is 0.416 e. The van der Waals surface area contributed by atoms with Crippen LogP contribution in [0.2, 0.25) is 0 Å². The maximum atomic E-state index is 12.6.